The highest BCUT2D eigenvalue weighted by molar-refractivity contribution is 5.97. The summed E-state index contributed by atoms with van der Waals surface area (Å²) < 4.78 is 24.8. The third-order valence-corrected chi connectivity index (χ3v) is 4.49. The summed E-state index contributed by atoms with van der Waals surface area (Å²) in [4.78, 5) is 24.5. The van der Waals surface area contributed by atoms with Crippen molar-refractivity contribution in [3.8, 4) is 22.8 Å². The van der Waals surface area contributed by atoms with Crippen LogP contribution in [-0.2, 0) is 6.54 Å². The third kappa shape index (κ3) is 5.02. The van der Waals surface area contributed by atoms with E-state index in [2.05, 4.69) is 10.4 Å². The summed E-state index contributed by atoms with van der Waals surface area (Å²) >= 11 is 0. The number of methoxy groups -OCH3 is 2. The van der Waals surface area contributed by atoms with Crippen molar-refractivity contribution in [3.63, 3.8) is 0 Å². The lowest BCUT2D eigenvalue weighted by Crippen LogP contribution is -2.28. The predicted octanol–water partition coefficient (Wildman–Crippen LogP) is 2.89. The number of benzene rings is 2. The zero-order valence-electron chi connectivity index (χ0n) is 16.7. The smallest absolute Gasteiger partial charge is 0.266 e. The van der Waals surface area contributed by atoms with Crippen LogP contribution in [0.2, 0.25) is 0 Å². The van der Waals surface area contributed by atoms with Crippen LogP contribution >= 0.6 is 0 Å². The maximum atomic E-state index is 13.1. The van der Waals surface area contributed by atoms with Crippen molar-refractivity contribution >= 4 is 5.91 Å². The number of rotatable bonds is 8. The van der Waals surface area contributed by atoms with Crippen molar-refractivity contribution < 1.29 is 18.7 Å². The van der Waals surface area contributed by atoms with Gasteiger partial charge in [-0.3, -0.25) is 9.59 Å². The van der Waals surface area contributed by atoms with Gasteiger partial charge in [-0.1, -0.05) is 0 Å². The summed E-state index contributed by atoms with van der Waals surface area (Å²) in [6, 6.07) is 13.9. The van der Waals surface area contributed by atoms with Gasteiger partial charge in [-0.05, 0) is 48.9 Å². The maximum absolute atomic E-state index is 13.1. The Hall–Kier alpha value is -3.68. The lowest BCUT2D eigenvalue weighted by atomic mass is 10.1. The quantitative estimate of drug-likeness (QED) is 0.577. The molecule has 0 spiro atoms. The molecule has 3 rings (SSSR count). The molecule has 1 aromatic heterocycles. The fourth-order valence-electron chi connectivity index (χ4n) is 2.90. The lowest BCUT2D eigenvalue weighted by Gasteiger charge is -2.11. The number of nitrogens with zero attached hydrogens (tertiary/aromatic N) is 2. The van der Waals surface area contributed by atoms with Gasteiger partial charge in [0.15, 0.2) is 0 Å². The number of hydrogen-bond acceptors (Lipinski definition) is 5. The highest BCUT2D eigenvalue weighted by Crippen LogP contribution is 2.24. The molecule has 2 aromatic carbocycles. The Kier molecular flexibility index (Phi) is 6.79. The summed E-state index contributed by atoms with van der Waals surface area (Å²) in [6.45, 7) is 0.677. The molecule has 0 radical (unpaired) electrons. The number of amides is 1. The molecule has 0 bridgehead atoms. The van der Waals surface area contributed by atoms with Crippen LogP contribution in [0.5, 0.6) is 11.5 Å². The number of aromatic nitrogens is 2. The van der Waals surface area contributed by atoms with E-state index in [1.165, 1.54) is 37.1 Å². The number of aryl methyl sites for hydroxylation is 1. The van der Waals surface area contributed by atoms with Crippen LogP contribution in [0.25, 0.3) is 11.3 Å². The molecule has 0 aliphatic rings. The zero-order chi connectivity index (χ0) is 21.5. The van der Waals surface area contributed by atoms with E-state index in [1.54, 1.807) is 36.4 Å². The number of halogens is 1. The van der Waals surface area contributed by atoms with E-state index in [-0.39, 0.29) is 17.3 Å². The monoisotopic (exact) mass is 411 g/mol. The van der Waals surface area contributed by atoms with Crippen LogP contribution in [-0.4, -0.2) is 36.5 Å². The second-order valence-electron chi connectivity index (χ2n) is 6.46. The van der Waals surface area contributed by atoms with E-state index in [1.807, 2.05) is 0 Å². The molecule has 0 unspecified atom stereocenters. The first-order valence-corrected chi connectivity index (χ1v) is 9.36. The van der Waals surface area contributed by atoms with E-state index in [0.717, 1.165) is 0 Å². The van der Waals surface area contributed by atoms with E-state index >= 15 is 0 Å². The predicted molar refractivity (Wildman–Crippen MR) is 110 cm³/mol. The number of hydrogen-bond donors (Lipinski definition) is 1. The van der Waals surface area contributed by atoms with Gasteiger partial charge in [0, 0.05) is 30.8 Å². The lowest BCUT2D eigenvalue weighted by molar-refractivity contribution is 0.0949. The minimum absolute atomic E-state index is 0.246. The van der Waals surface area contributed by atoms with E-state index in [4.69, 9.17) is 9.47 Å². The molecule has 0 fully saturated rings. The van der Waals surface area contributed by atoms with Gasteiger partial charge < -0.3 is 14.8 Å². The topological polar surface area (TPSA) is 82.5 Å². The van der Waals surface area contributed by atoms with Gasteiger partial charge in [0.2, 0.25) is 0 Å². The van der Waals surface area contributed by atoms with Gasteiger partial charge in [0.1, 0.15) is 17.3 Å². The first-order chi connectivity index (χ1) is 14.5. The Morgan fingerprint density at radius 3 is 2.53 bits per heavy atom. The average molecular weight is 411 g/mol. The minimum atomic E-state index is -0.337. The number of ether oxygens (including phenoxy) is 2. The van der Waals surface area contributed by atoms with Crippen molar-refractivity contribution in [2.45, 2.75) is 13.0 Å². The number of nitrogens with one attached hydrogen (secondary N) is 1. The maximum Gasteiger partial charge on any atom is 0.266 e. The molecule has 1 amide bonds. The SMILES string of the molecule is COc1ccc(C(=O)NCCCn2nc(-c3ccc(F)cc3)ccc2=O)c(OC)c1. The molecular weight excluding hydrogens is 389 g/mol. The molecule has 0 saturated carbocycles. The van der Waals surface area contributed by atoms with E-state index in [0.29, 0.717) is 47.8 Å². The second-order valence-corrected chi connectivity index (χ2v) is 6.46. The normalized spacial score (nSPS) is 10.5. The van der Waals surface area contributed by atoms with Crippen LogP contribution in [0.3, 0.4) is 0 Å². The second kappa shape index (κ2) is 9.69. The Morgan fingerprint density at radius 2 is 1.83 bits per heavy atom. The molecule has 3 aromatic rings. The van der Waals surface area contributed by atoms with Crippen LogP contribution in [0.4, 0.5) is 4.39 Å². The largest absolute Gasteiger partial charge is 0.497 e. The Bertz CT molecular complexity index is 1080. The van der Waals surface area contributed by atoms with E-state index < -0.39 is 0 Å². The number of carbonyl (C=O) groups excluding carboxylic acids is 1. The Morgan fingerprint density at radius 1 is 1.07 bits per heavy atom. The average Bonchev–Trinajstić information content (AvgIpc) is 2.77. The first-order valence-electron chi connectivity index (χ1n) is 9.36. The highest BCUT2D eigenvalue weighted by Gasteiger charge is 2.13. The molecule has 1 heterocycles. The van der Waals surface area contributed by atoms with Gasteiger partial charge in [-0.2, -0.15) is 5.10 Å². The molecule has 0 aliphatic carbocycles. The molecular formula is C22H22FN3O4. The van der Waals surface area contributed by atoms with Crippen molar-refractivity contribution in [3.05, 3.63) is 76.3 Å². The molecule has 0 atom stereocenters. The molecule has 7 nitrogen and oxygen atoms in total. The number of carbonyl (C=O) groups is 1. The third-order valence-electron chi connectivity index (χ3n) is 4.49. The van der Waals surface area contributed by atoms with Crippen molar-refractivity contribution in [1.29, 1.82) is 0 Å². The van der Waals surface area contributed by atoms with Crippen LogP contribution in [0.1, 0.15) is 16.8 Å². The van der Waals surface area contributed by atoms with Crippen molar-refractivity contribution in [2.24, 2.45) is 0 Å². The van der Waals surface area contributed by atoms with Crippen molar-refractivity contribution in [1.82, 2.24) is 15.1 Å². The summed E-state index contributed by atoms with van der Waals surface area (Å²) in [5.41, 5.74) is 1.43. The Balaban J connectivity index is 1.60. The van der Waals surface area contributed by atoms with Gasteiger partial charge >= 0.3 is 0 Å². The van der Waals surface area contributed by atoms with Crippen LogP contribution in [0.15, 0.2) is 59.4 Å². The fraction of sp³-hybridized carbons (Fsp3) is 0.227. The summed E-state index contributed by atoms with van der Waals surface area (Å²) in [5.74, 6) is 0.387. The summed E-state index contributed by atoms with van der Waals surface area (Å²) in [7, 11) is 3.02. The van der Waals surface area contributed by atoms with Gasteiger partial charge in [0.25, 0.3) is 11.5 Å². The van der Waals surface area contributed by atoms with Gasteiger partial charge in [0.05, 0.1) is 25.5 Å². The van der Waals surface area contributed by atoms with Gasteiger partial charge in [-0.15, -0.1) is 0 Å². The first kappa shape index (κ1) is 21.0. The molecule has 0 aliphatic heterocycles. The van der Waals surface area contributed by atoms with Crippen molar-refractivity contribution in [2.75, 3.05) is 20.8 Å². The molecule has 8 heteroatoms. The van der Waals surface area contributed by atoms with Gasteiger partial charge in [-0.25, -0.2) is 9.07 Å². The van der Waals surface area contributed by atoms with Crippen LogP contribution < -0.4 is 20.3 Å². The molecule has 1 N–H and O–H groups in total. The molecule has 0 saturated heterocycles. The zero-order valence-corrected chi connectivity index (χ0v) is 16.7. The fourth-order valence-corrected chi connectivity index (χ4v) is 2.90. The van der Waals surface area contributed by atoms with E-state index in [9.17, 15) is 14.0 Å². The van der Waals surface area contributed by atoms with Crippen LogP contribution in [0, 0.1) is 5.82 Å². The standard InChI is InChI=1S/C22H22FN3O4/c1-29-17-8-9-18(20(14-17)30-2)22(28)24-12-3-13-26-21(27)11-10-19(25-26)15-4-6-16(23)7-5-15/h4-11,14H,3,12-13H2,1-2H3,(H,24,28). The summed E-state index contributed by atoms with van der Waals surface area (Å²) in [6.07, 6.45) is 0.504. The molecule has 156 valence electrons. The molecule has 30 heavy (non-hydrogen) atoms. The summed E-state index contributed by atoms with van der Waals surface area (Å²) in [5, 5.41) is 7.14. The Labute approximate surface area is 173 Å². The minimum Gasteiger partial charge on any atom is -0.497 e. The highest BCUT2D eigenvalue weighted by atomic mass is 19.1.